The number of alkyl halides is 3. The van der Waals surface area contributed by atoms with Gasteiger partial charge in [0.2, 0.25) is 5.91 Å². The summed E-state index contributed by atoms with van der Waals surface area (Å²) in [5, 5.41) is 7.65. The standard InChI is InChI=1S/C21H27F3N4O/c1-15-12-16(2)28(26-15)11-10-27-19(6-7-20(27)29)8-9-25-14-17-4-3-5-18(13-17)21(22,23)24/h3-5,12-13,19,25H,6-11,14H2,1-2H3/t19-/m0/s1. The van der Waals surface area contributed by atoms with E-state index in [-0.39, 0.29) is 11.9 Å². The van der Waals surface area contributed by atoms with Gasteiger partial charge in [-0.25, -0.2) is 0 Å². The van der Waals surface area contributed by atoms with Crippen molar-refractivity contribution in [1.82, 2.24) is 20.0 Å². The molecule has 1 saturated heterocycles. The highest BCUT2D eigenvalue weighted by Crippen LogP contribution is 2.29. The second kappa shape index (κ2) is 8.98. The first-order valence-electron chi connectivity index (χ1n) is 9.91. The van der Waals surface area contributed by atoms with Crippen molar-refractivity contribution in [2.24, 2.45) is 0 Å². The number of aromatic nitrogens is 2. The molecular formula is C21H27F3N4O. The van der Waals surface area contributed by atoms with Gasteiger partial charge in [-0.15, -0.1) is 0 Å². The Morgan fingerprint density at radius 2 is 2.00 bits per heavy atom. The average molecular weight is 408 g/mol. The van der Waals surface area contributed by atoms with Gasteiger partial charge in [-0.1, -0.05) is 18.2 Å². The number of benzene rings is 1. The predicted molar refractivity (Wildman–Crippen MR) is 104 cm³/mol. The SMILES string of the molecule is Cc1cc(C)n(CCN2C(=O)CC[C@H]2CCNCc2cccc(C(F)(F)F)c2)n1. The third-order valence-corrected chi connectivity index (χ3v) is 5.35. The van der Waals surface area contributed by atoms with Crippen LogP contribution < -0.4 is 5.32 Å². The molecule has 0 unspecified atom stereocenters. The van der Waals surface area contributed by atoms with E-state index in [1.165, 1.54) is 12.1 Å². The monoisotopic (exact) mass is 408 g/mol. The van der Waals surface area contributed by atoms with Crippen molar-refractivity contribution in [1.29, 1.82) is 0 Å². The van der Waals surface area contributed by atoms with E-state index in [0.29, 0.717) is 38.2 Å². The van der Waals surface area contributed by atoms with Crippen LogP contribution in [0.1, 0.15) is 41.8 Å². The van der Waals surface area contributed by atoms with Crippen LogP contribution in [0.25, 0.3) is 0 Å². The number of hydrogen-bond donors (Lipinski definition) is 1. The highest BCUT2D eigenvalue weighted by molar-refractivity contribution is 5.78. The van der Waals surface area contributed by atoms with Gasteiger partial charge in [-0.05, 0) is 50.9 Å². The molecular weight excluding hydrogens is 381 g/mol. The molecule has 29 heavy (non-hydrogen) atoms. The molecule has 1 amide bonds. The zero-order valence-electron chi connectivity index (χ0n) is 16.8. The first kappa shape index (κ1) is 21.4. The second-order valence-electron chi connectivity index (χ2n) is 7.59. The second-order valence-corrected chi connectivity index (χ2v) is 7.59. The molecule has 158 valence electrons. The number of nitrogens with zero attached hydrogens (tertiary/aromatic N) is 3. The van der Waals surface area contributed by atoms with Crippen LogP contribution in [0.4, 0.5) is 13.2 Å². The lowest BCUT2D eigenvalue weighted by Gasteiger charge is -2.25. The van der Waals surface area contributed by atoms with Crippen LogP contribution in [-0.4, -0.2) is 39.7 Å². The maximum atomic E-state index is 12.8. The Hall–Kier alpha value is -2.35. The Balaban J connectivity index is 1.47. The minimum atomic E-state index is -4.33. The van der Waals surface area contributed by atoms with Crippen molar-refractivity contribution in [2.45, 2.75) is 58.4 Å². The molecule has 1 atom stereocenters. The Morgan fingerprint density at radius 1 is 1.21 bits per heavy atom. The van der Waals surface area contributed by atoms with E-state index in [1.807, 2.05) is 29.5 Å². The molecule has 1 aliphatic rings. The molecule has 1 aliphatic heterocycles. The smallest absolute Gasteiger partial charge is 0.338 e. The molecule has 0 bridgehead atoms. The summed E-state index contributed by atoms with van der Waals surface area (Å²) in [5.41, 5.74) is 2.01. The first-order valence-corrected chi connectivity index (χ1v) is 9.91. The normalized spacial score (nSPS) is 17.3. The van der Waals surface area contributed by atoms with Crippen LogP contribution in [0.3, 0.4) is 0 Å². The zero-order chi connectivity index (χ0) is 21.0. The predicted octanol–water partition coefficient (Wildman–Crippen LogP) is 3.69. The van der Waals surface area contributed by atoms with Crippen molar-refractivity contribution in [3.63, 3.8) is 0 Å². The van der Waals surface area contributed by atoms with Gasteiger partial charge in [0.05, 0.1) is 17.8 Å². The Kier molecular flexibility index (Phi) is 6.62. The molecule has 1 N–H and O–H groups in total. The van der Waals surface area contributed by atoms with Gasteiger partial charge < -0.3 is 10.2 Å². The summed E-state index contributed by atoms with van der Waals surface area (Å²) in [6, 6.07) is 7.54. The zero-order valence-corrected chi connectivity index (χ0v) is 16.8. The summed E-state index contributed by atoms with van der Waals surface area (Å²) in [6.07, 6.45) is -2.18. The van der Waals surface area contributed by atoms with Crippen LogP contribution in [0.5, 0.6) is 0 Å². The molecule has 5 nitrogen and oxygen atoms in total. The highest BCUT2D eigenvalue weighted by Gasteiger charge is 2.31. The highest BCUT2D eigenvalue weighted by atomic mass is 19.4. The minimum Gasteiger partial charge on any atom is -0.338 e. The molecule has 0 radical (unpaired) electrons. The average Bonchev–Trinajstić information content (AvgIpc) is 3.17. The molecule has 2 aromatic rings. The number of halogens is 3. The van der Waals surface area contributed by atoms with E-state index in [2.05, 4.69) is 10.4 Å². The maximum absolute atomic E-state index is 12.8. The fourth-order valence-electron chi connectivity index (χ4n) is 3.86. The summed E-state index contributed by atoms with van der Waals surface area (Å²) in [7, 11) is 0. The Morgan fingerprint density at radius 3 is 2.69 bits per heavy atom. The fraction of sp³-hybridized carbons (Fsp3) is 0.524. The molecule has 1 fully saturated rings. The molecule has 1 aromatic heterocycles. The largest absolute Gasteiger partial charge is 0.416 e. The number of nitrogens with one attached hydrogen (secondary N) is 1. The van der Waals surface area contributed by atoms with Gasteiger partial charge in [0.1, 0.15) is 0 Å². The number of amides is 1. The van der Waals surface area contributed by atoms with Gasteiger partial charge in [0, 0.05) is 31.2 Å². The lowest BCUT2D eigenvalue weighted by molar-refractivity contribution is -0.137. The van der Waals surface area contributed by atoms with Gasteiger partial charge >= 0.3 is 6.18 Å². The number of rotatable bonds is 8. The lowest BCUT2D eigenvalue weighted by Crippen LogP contribution is -2.37. The minimum absolute atomic E-state index is 0.161. The first-order chi connectivity index (χ1) is 13.7. The number of hydrogen-bond acceptors (Lipinski definition) is 3. The van der Waals surface area contributed by atoms with Crippen molar-refractivity contribution < 1.29 is 18.0 Å². The molecule has 2 heterocycles. The van der Waals surface area contributed by atoms with Crippen LogP contribution in [-0.2, 0) is 24.1 Å². The van der Waals surface area contributed by atoms with E-state index >= 15 is 0 Å². The Bertz CT molecular complexity index is 847. The molecule has 0 spiro atoms. The van der Waals surface area contributed by atoms with Crippen LogP contribution in [0.15, 0.2) is 30.3 Å². The van der Waals surface area contributed by atoms with Crippen LogP contribution >= 0.6 is 0 Å². The molecule has 3 rings (SSSR count). The third kappa shape index (κ3) is 5.59. The van der Waals surface area contributed by atoms with Gasteiger partial charge in [0.15, 0.2) is 0 Å². The lowest BCUT2D eigenvalue weighted by atomic mass is 10.1. The summed E-state index contributed by atoms with van der Waals surface area (Å²) >= 11 is 0. The molecule has 1 aromatic carbocycles. The van der Waals surface area contributed by atoms with Crippen molar-refractivity contribution >= 4 is 5.91 Å². The molecule has 8 heteroatoms. The van der Waals surface area contributed by atoms with Crippen molar-refractivity contribution in [2.75, 3.05) is 13.1 Å². The van der Waals surface area contributed by atoms with E-state index in [9.17, 15) is 18.0 Å². The van der Waals surface area contributed by atoms with Crippen molar-refractivity contribution in [3.05, 3.63) is 52.8 Å². The summed E-state index contributed by atoms with van der Waals surface area (Å²) in [4.78, 5) is 14.2. The van der Waals surface area contributed by atoms with Crippen LogP contribution in [0.2, 0.25) is 0 Å². The number of likely N-dealkylation sites (tertiary alicyclic amines) is 1. The van der Waals surface area contributed by atoms with E-state index in [4.69, 9.17) is 0 Å². The molecule has 0 saturated carbocycles. The van der Waals surface area contributed by atoms with Gasteiger partial charge in [-0.2, -0.15) is 18.3 Å². The third-order valence-electron chi connectivity index (χ3n) is 5.35. The number of carbonyl (C=O) groups is 1. The van der Waals surface area contributed by atoms with E-state index < -0.39 is 11.7 Å². The van der Waals surface area contributed by atoms with E-state index in [1.54, 1.807) is 6.07 Å². The summed E-state index contributed by atoms with van der Waals surface area (Å²) < 4.78 is 40.3. The summed E-state index contributed by atoms with van der Waals surface area (Å²) in [6.45, 7) is 6.25. The quantitative estimate of drug-likeness (QED) is 0.678. The van der Waals surface area contributed by atoms with Gasteiger partial charge in [0.25, 0.3) is 0 Å². The molecule has 0 aliphatic carbocycles. The van der Waals surface area contributed by atoms with Crippen molar-refractivity contribution in [3.8, 4) is 0 Å². The number of aryl methyl sites for hydroxylation is 2. The van der Waals surface area contributed by atoms with Crippen LogP contribution in [0, 0.1) is 13.8 Å². The topological polar surface area (TPSA) is 50.2 Å². The Labute approximate surface area is 168 Å². The number of carbonyl (C=O) groups excluding carboxylic acids is 1. The van der Waals surface area contributed by atoms with Gasteiger partial charge in [-0.3, -0.25) is 9.48 Å². The summed E-state index contributed by atoms with van der Waals surface area (Å²) in [5.74, 6) is 0.161. The fourth-order valence-corrected chi connectivity index (χ4v) is 3.86. The maximum Gasteiger partial charge on any atom is 0.416 e. The van der Waals surface area contributed by atoms with E-state index in [0.717, 1.165) is 30.3 Å².